The van der Waals surface area contributed by atoms with Crippen molar-refractivity contribution >= 4 is 28.6 Å². The van der Waals surface area contributed by atoms with Crippen LogP contribution in [-0.4, -0.2) is 22.2 Å². The van der Waals surface area contributed by atoms with E-state index in [1.807, 2.05) is 22.6 Å². The summed E-state index contributed by atoms with van der Waals surface area (Å²) in [7, 11) is 0. The highest BCUT2D eigenvalue weighted by Crippen LogP contribution is 2.19. The molecule has 1 aromatic carbocycles. The van der Waals surface area contributed by atoms with Gasteiger partial charge in [-0.25, -0.2) is 0 Å². The molecular weight excluding hydrogens is 297 g/mol. The normalized spacial score (nSPS) is 12.4. The summed E-state index contributed by atoms with van der Waals surface area (Å²) >= 11 is 2.03. The van der Waals surface area contributed by atoms with Crippen molar-refractivity contribution in [2.45, 2.75) is 12.5 Å². The van der Waals surface area contributed by atoms with Crippen LogP contribution >= 0.6 is 22.6 Å². The molecule has 4 N–H and O–H groups in total. The zero-order valence-electron chi connectivity index (χ0n) is 7.27. The first-order valence-electron chi connectivity index (χ1n) is 3.96. The Kier molecular flexibility index (Phi) is 3.70. The second kappa shape index (κ2) is 4.61. The number of carbonyl (C=O) groups is 1. The molecular formula is C9H10INO3. The van der Waals surface area contributed by atoms with Crippen molar-refractivity contribution in [3.8, 4) is 5.75 Å². The summed E-state index contributed by atoms with van der Waals surface area (Å²) in [6.45, 7) is 0. The fourth-order valence-electron chi connectivity index (χ4n) is 1.03. The third-order valence-corrected chi connectivity index (χ3v) is 2.80. The predicted molar refractivity (Wildman–Crippen MR) is 60.1 cm³/mol. The van der Waals surface area contributed by atoms with E-state index in [4.69, 9.17) is 15.9 Å². The molecule has 0 aliphatic heterocycles. The van der Waals surface area contributed by atoms with E-state index < -0.39 is 12.0 Å². The Hall–Kier alpha value is -0.820. The van der Waals surface area contributed by atoms with E-state index in [1.165, 1.54) is 6.07 Å². The Morgan fingerprint density at radius 1 is 1.57 bits per heavy atom. The van der Waals surface area contributed by atoms with Crippen LogP contribution in [0.4, 0.5) is 0 Å². The van der Waals surface area contributed by atoms with Crippen molar-refractivity contribution in [1.82, 2.24) is 0 Å². The molecule has 0 saturated carbocycles. The van der Waals surface area contributed by atoms with Gasteiger partial charge < -0.3 is 15.9 Å². The Labute approximate surface area is 94.9 Å². The van der Waals surface area contributed by atoms with Crippen LogP contribution in [0.3, 0.4) is 0 Å². The standard InChI is InChI=1S/C9H10INO3/c10-7-4-6(12)2-1-5(7)3-8(11)9(13)14/h1-2,4,8,12H,3,11H2,(H,13,14)/t8-/m1/s1. The largest absolute Gasteiger partial charge is 0.508 e. The predicted octanol–water partition coefficient (Wildman–Crippen LogP) is 0.951. The molecule has 0 bridgehead atoms. The van der Waals surface area contributed by atoms with Gasteiger partial charge in [0, 0.05) is 3.57 Å². The van der Waals surface area contributed by atoms with Crippen molar-refractivity contribution < 1.29 is 15.0 Å². The zero-order valence-corrected chi connectivity index (χ0v) is 9.43. The monoisotopic (exact) mass is 307 g/mol. The molecule has 4 nitrogen and oxygen atoms in total. The molecule has 0 aliphatic carbocycles. The molecule has 1 rings (SSSR count). The van der Waals surface area contributed by atoms with Crippen molar-refractivity contribution in [1.29, 1.82) is 0 Å². The molecule has 0 radical (unpaired) electrons. The van der Waals surface area contributed by atoms with Gasteiger partial charge >= 0.3 is 5.97 Å². The van der Waals surface area contributed by atoms with E-state index >= 15 is 0 Å². The molecule has 0 heterocycles. The highest BCUT2D eigenvalue weighted by molar-refractivity contribution is 14.1. The van der Waals surface area contributed by atoms with Gasteiger partial charge in [-0.1, -0.05) is 6.07 Å². The van der Waals surface area contributed by atoms with Crippen molar-refractivity contribution in [2.24, 2.45) is 5.73 Å². The molecule has 0 spiro atoms. The van der Waals surface area contributed by atoms with E-state index in [0.29, 0.717) is 0 Å². The number of carboxylic acids is 1. The number of benzene rings is 1. The van der Waals surface area contributed by atoms with Gasteiger partial charge in [-0.15, -0.1) is 0 Å². The average molecular weight is 307 g/mol. The van der Waals surface area contributed by atoms with Gasteiger partial charge in [-0.05, 0) is 46.7 Å². The number of carboxylic acid groups (broad SMARTS) is 1. The minimum absolute atomic E-state index is 0.169. The summed E-state index contributed by atoms with van der Waals surface area (Å²) in [6, 6.07) is 3.88. The van der Waals surface area contributed by atoms with Gasteiger partial charge in [-0.3, -0.25) is 4.79 Å². The maximum absolute atomic E-state index is 10.5. The van der Waals surface area contributed by atoms with Crippen molar-refractivity contribution in [3.63, 3.8) is 0 Å². The molecule has 0 aliphatic rings. The number of aromatic hydroxyl groups is 1. The smallest absolute Gasteiger partial charge is 0.320 e. The van der Waals surface area contributed by atoms with E-state index in [1.54, 1.807) is 12.1 Å². The fourth-order valence-corrected chi connectivity index (χ4v) is 1.75. The first-order valence-corrected chi connectivity index (χ1v) is 5.04. The van der Waals surface area contributed by atoms with Crippen molar-refractivity contribution in [3.05, 3.63) is 27.3 Å². The van der Waals surface area contributed by atoms with Gasteiger partial charge in [0.15, 0.2) is 0 Å². The Balaban J connectivity index is 2.82. The summed E-state index contributed by atoms with van der Waals surface area (Å²) in [6.07, 6.45) is 0.272. The highest BCUT2D eigenvalue weighted by atomic mass is 127. The summed E-state index contributed by atoms with van der Waals surface area (Å²) < 4.78 is 0.819. The van der Waals surface area contributed by atoms with Crippen LogP contribution in [0.1, 0.15) is 5.56 Å². The lowest BCUT2D eigenvalue weighted by atomic mass is 10.1. The Bertz CT molecular complexity index is 354. The van der Waals surface area contributed by atoms with Crippen LogP contribution in [0.2, 0.25) is 0 Å². The van der Waals surface area contributed by atoms with Gasteiger partial charge in [0.2, 0.25) is 0 Å². The highest BCUT2D eigenvalue weighted by Gasteiger charge is 2.13. The summed E-state index contributed by atoms with van der Waals surface area (Å²) in [5.74, 6) is -0.851. The third-order valence-electron chi connectivity index (χ3n) is 1.79. The first-order chi connectivity index (χ1) is 6.50. The number of rotatable bonds is 3. The summed E-state index contributed by atoms with van der Waals surface area (Å²) in [5, 5.41) is 17.7. The number of hydrogen-bond donors (Lipinski definition) is 3. The average Bonchev–Trinajstić information content (AvgIpc) is 2.09. The fraction of sp³-hybridized carbons (Fsp3) is 0.222. The van der Waals surface area contributed by atoms with E-state index in [9.17, 15) is 4.79 Å². The Morgan fingerprint density at radius 2 is 2.21 bits per heavy atom. The number of phenols is 1. The first kappa shape index (κ1) is 11.3. The van der Waals surface area contributed by atoms with Crippen LogP contribution in [0, 0.1) is 3.57 Å². The van der Waals surface area contributed by atoms with Gasteiger partial charge in [-0.2, -0.15) is 0 Å². The molecule has 0 fully saturated rings. The Morgan fingerprint density at radius 3 is 2.71 bits per heavy atom. The minimum atomic E-state index is -1.02. The van der Waals surface area contributed by atoms with Crippen LogP contribution in [0.5, 0.6) is 5.75 Å². The number of nitrogens with two attached hydrogens (primary N) is 1. The SMILES string of the molecule is N[C@H](Cc1ccc(O)cc1I)C(=O)O. The zero-order chi connectivity index (χ0) is 10.7. The molecule has 14 heavy (non-hydrogen) atoms. The summed E-state index contributed by atoms with van der Waals surface area (Å²) in [4.78, 5) is 10.5. The second-order valence-corrected chi connectivity index (χ2v) is 4.09. The third kappa shape index (κ3) is 2.85. The molecule has 0 saturated heterocycles. The number of halogens is 1. The molecule has 76 valence electrons. The molecule has 5 heteroatoms. The number of aliphatic carboxylic acids is 1. The lowest BCUT2D eigenvalue weighted by Gasteiger charge is -2.08. The van der Waals surface area contributed by atoms with Gasteiger partial charge in [0.1, 0.15) is 11.8 Å². The molecule has 0 aromatic heterocycles. The maximum Gasteiger partial charge on any atom is 0.320 e. The topological polar surface area (TPSA) is 83.5 Å². The van der Waals surface area contributed by atoms with Crippen molar-refractivity contribution in [2.75, 3.05) is 0 Å². The number of phenolic OH excluding ortho intramolecular Hbond substituents is 1. The molecule has 1 aromatic rings. The van der Waals surface area contributed by atoms with E-state index in [0.717, 1.165) is 9.13 Å². The molecule has 1 atom stereocenters. The van der Waals surface area contributed by atoms with Crippen LogP contribution in [-0.2, 0) is 11.2 Å². The van der Waals surface area contributed by atoms with Crippen LogP contribution < -0.4 is 5.73 Å². The maximum atomic E-state index is 10.5. The van der Waals surface area contributed by atoms with E-state index in [2.05, 4.69) is 0 Å². The number of hydrogen-bond acceptors (Lipinski definition) is 3. The van der Waals surface area contributed by atoms with Gasteiger partial charge in [0.05, 0.1) is 0 Å². The summed E-state index contributed by atoms with van der Waals surface area (Å²) in [5.41, 5.74) is 6.22. The lowest BCUT2D eigenvalue weighted by Crippen LogP contribution is -2.32. The van der Waals surface area contributed by atoms with Crippen LogP contribution in [0.25, 0.3) is 0 Å². The quantitative estimate of drug-likeness (QED) is 0.726. The second-order valence-electron chi connectivity index (χ2n) is 2.92. The lowest BCUT2D eigenvalue weighted by molar-refractivity contribution is -0.138. The molecule has 0 amide bonds. The van der Waals surface area contributed by atoms with Crippen LogP contribution in [0.15, 0.2) is 18.2 Å². The minimum Gasteiger partial charge on any atom is -0.508 e. The molecule has 0 unspecified atom stereocenters. The van der Waals surface area contributed by atoms with E-state index in [-0.39, 0.29) is 12.2 Å². The van der Waals surface area contributed by atoms with Gasteiger partial charge in [0.25, 0.3) is 0 Å².